The maximum Gasteiger partial charge on any atom is 0.307 e. The van der Waals surface area contributed by atoms with Crippen molar-refractivity contribution in [2.24, 2.45) is 5.92 Å². The first-order valence-corrected chi connectivity index (χ1v) is 3.13. The molecule has 0 bridgehead atoms. The van der Waals surface area contributed by atoms with Crippen LogP contribution in [0.3, 0.4) is 0 Å². The number of rotatable bonds is 2. The van der Waals surface area contributed by atoms with Crippen molar-refractivity contribution in [3.63, 3.8) is 0 Å². The molecular formula is C7H10O2. The largest absolute Gasteiger partial charge is 0.435 e. The predicted molar refractivity (Wildman–Crippen MR) is 33.6 cm³/mol. The lowest BCUT2D eigenvalue weighted by molar-refractivity contribution is -0.135. The van der Waals surface area contributed by atoms with E-state index in [1.165, 1.54) is 26.0 Å². The zero-order valence-corrected chi connectivity index (χ0v) is 5.46. The van der Waals surface area contributed by atoms with Crippen LogP contribution >= 0.6 is 0 Å². The highest BCUT2D eigenvalue weighted by atomic mass is 16.5. The van der Waals surface area contributed by atoms with E-state index >= 15 is 0 Å². The summed E-state index contributed by atoms with van der Waals surface area (Å²) in [4.78, 5) is 10.2. The Labute approximate surface area is 54.5 Å². The van der Waals surface area contributed by atoms with Crippen LogP contribution in [0, 0.1) is 5.92 Å². The standard InChI is InChI=1S/C7H10O2/c1-6(8)9-5-4-7-2-3-7/h4-5,7H,2-3H2,1H3. The molecule has 0 aliphatic heterocycles. The second-order valence-electron chi connectivity index (χ2n) is 2.28. The first-order valence-electron chi connectivity index (χ1n) is 3.13. The predicted octanol–water partition coefficient (Wildman–Crippen LogP) is 1.47. The van der Waals surface area contributed by atoms with Crippen LogP contribution in [0.1, 0.15) is 19.8 Å². The molecule has 0 aromatic rings. The molecule has 0 unspecified atom stereocenters. The molecule has 2 heteroatoms. The summed E-state index contributed by atoms with van der Waals surface area (Å²) in [5, 5.41) is 0. The molecule has 1 aliphatic rings. The van der Waals surface area contributed by atoms with E-state index in [4.69, 9.17) is 0 Å². The third-order valence-corrected chi connectivity index (χ3v) is 1.21. The molecule has 50 valence electrons. The van der Waals surface area contributed by atoms with Crippen LogP contribution in [0.15, 0.2) is 12.3 Å². The van der Waals surface area contributed by atoms with Crippen LogP contribution in [0.5, 0.6) is 0 Å². The molecule has 1 rings (SSSR count). The molecule has 9 heavy (non-hydrogen) atoms. The topological polar surface area (TPSA) is 26.3 Å². The van der Waals surface area contributed by atoms with Crippen molar-refractivity contribution in [2.75, 3.05) is 0 Å². The summed E-state index contributed by atoms with van der Waals surface area (Å²) >= 11 is 0. The van der Waals surface area contributed by atoms with Gasteiger partial charge in [0.25, 0.3) is 0 Å². The molecule has 0 spiro atoms. The third kappa shape index (κ3) is 2.90. The van der Waals surface area contributed by atoms with E-state index in [2.05, 4.69) is 4.74 Å². The highest BCUT2D eigenvalue weighted by Crippen LogP contribution is 2.29. The van der Waals surface area contributed by atoms with Gasteiger partial charge in [-0.15, -0.1) is 0 Å². The summed E-state index contributed by atoms with van der Waals surface area (Å²) in [7, 11) is 0. The van der Waals surface area contributed by atoms with Crippen molar-refractivity contribution in [1.82, 2.24) is 0 Å². The maximum absolute atomic E-state index is 10.2. The van der Waals surface area contributed by atoms with Crippen molar-refractivity contribution in [3.05, 3.63) is 12.3 Å². The van der Waals surface area contributed by atoms with Gasteiger partial charge in [-0.3, -0.25) is 4.79 Å². The minimum Gasteiger partial charge on any atom is -0.435 e. The SMILES string of the molecule is CC(=O)OC=CC1CC1. The van der Waals surface area contributed by atoms with Crippen molar-refractivity contribution in [1.29, 1.82) is 0 Å². The summed E-state index contributed by atoms with van der Waals surface area (Å²) in [5.41, 5.74) is 0. The molecule has 0 aromatic carbocycles. The highest BCUT2D eigenvalue weighted by molar-refractivity contribution is 5.66. The zero-order chi connectivity index (χ0) is 6.69. The Bertz CT molecular complexity index is 134. The minimum absolute atomic E-state index is 0.244. The fraction of sp³-hybridized carbons (Fsp3) is 0.571. The molecule has 0 aromatic heterocycles. The Morgan fingerprint density at radius 2 is 2.33 bits per heavy atom. The molecular weight excluding hydrogens is 116 g/mol. The van der Waals surface area contributed by atoms with Crippen molar-refractivity contribution < 1.29 is 9.53 Å². The van der Waals surface area contributed by atoms with Crippen LogP contribution < -0.4 is 0 Å². The lowest BCUT2D eigenvalue weighted by Crippen LogP contribution is -1.89. The molecule has 2 nitrogen and oxygen atoms in total. The molecule has 0 amide bonds. The lowest BCUT2D eigenvalue weighted by Gasteiger charge is -1.87. The van der Waals surface area contributed by atoms with Crippen LogP contribution in [-0.2, 0) is 9.53 Å². The molecule has 0 heterocycles. The molecule has 1 aliphatic carbocycles. The summed E-state index contributed by atoms with van der Waals surface area (Å²) in [5.74, 6) is 0.441. The number of esters is 1. The van der Waals surface area contributed by atoms with Gasteiger partial charge in [0.2, 0.25) is 0 Å². The smallest absolute Gasteiger partial charge is 0.307 e. The van der Waals surface area contributed by atoms with E-state index in [0.29, 0.717) is 5.92 Å². The lowest BCUT2D eigenvalue weighted by atomic mass is 10.4. The van der Waals surface area contributed by atoms with Crippen LogP contribution in [-0.4, -0.2) is 5.97 Å². The number of allylic oxidation sites excluding steroid dienone is 1. The second-order valence-corrected chi connectivity index (χ2v) is 2.28. The van der Waals surface area contributed by atoms with E-state index in [-0.39, 0.29) is 5.97 Å². The van der Waals surface area contributed by atoms with Gasteiger partial charge in [-0.05, 0) is 24.8 Å². The van der Waals surface area contributed by atoms with Crippen molar-refractivity contribution in [3.8, 4) is 0 Å². The molecule has 0 saturated heterocycles. The fourth-order valence-corrected chi connectivity index (χ4v) is 0.535. The average molecular weight is 126 g/mol. The summed E-state index contributed by atoms with van der Waals surface area (Å²) in [6.45, 7) is 1.40. The molecule has 0 radical (unpaired) electrons. The Kier molecular flexibility index (Phi) is 1.88. The number of hydrogen-bond acceptors (Lipinski definition) is 2. The van der Waals surface area contributed by atoms with Gasteiger partial charge in [-0.25, -0.2) is 0 Å². The number of carbonyl (C=O) groups is 1. The van der Waals surface area contributed by atoms with Gasteiger partial charge in [0, 0.05) is 6.92 Å². The molecule has 0 atom stereocenters. The van der Waals surface area contributed by atoms with Gasteiger partial charge in [0.1, 0.15) is 0 Å². The number of hydrogen-bond donors (Lipinski definition) is 0. The number of carbonyl (C=O) groups excluding carboxylic acids is 1. The highest BCUT2D eigenvalue weighted by Gasteiger charge is 2.17. The van der Waals surface area contributed by atoms with Crippen LogP contribution in [0.2, 0.25) is 0 Å². The quantitative estimate of drug-likeness (QED) is 0.413. The van der Waals surface area contributed by atoms with Gasteiger partial charge in [-0.1, -0.05) is 0 Å². The molecule has 1 fully saturated rings. The first kappa shape index (κ1) is 6.33. The maximum atomic E-state index is 10.2. The number of ether oxygens (including phenoxy) is 1. The zero-order valence-electron chi connectivity index (χ0n) is 5.46. The Balaban J connectivity index is 2.08. The Morgan fingerprint density at radius 3 is 2.78 bits per heavy atom. The van der Waals surface area contributed by atoms with E-state index in [1.54, 1.807) is 0 Å². The van der Waals surface area contributed by atoms with Gasteiger partial charge in [0.15, 0.2) is 0 Å². The van der Waals surface area contributed by atoms with Gasteiger partial charge in [-0.2, -0.15) is 0 Å². The second kappa shape index (κ2) is 2.67. The minimum atomic E-state index is -0.244. The summed E-state index contributed by atoms with van der Waals surface area (Å²) in [6, 6.07) is 0. The van der Waals surface area contributed by atoms with Gasteiger partial charge >= 0.3 is 5.97 Å². The van der Waals surface area contributed by atoms with Crippen LogP contribution in [0.25, 0.3) is 0 Å². The average Bonchev–Trinajstić information content (AvgIpc) is 2.48. The van der Waals surface area contributed by atoms with Crippen LogP contribution in [0.4, 0.5) is 0 Å². The van der Waals surface area contributed by atoms with E-state index in [1.807, 2.05) is 6.08 Å². The van der Waals surface area contributed by atoms with Gasteiger partial charge in [0.05, 0.1) is 6.26 Å². The molecule has 1 saturated carbocycles. The Morgan fingerprint density at radius 1 is 1.67 bits per heavy atom. The summed E-state index contributed by atoms with van der Waals surface area (Å²) < 4.78 is 4.57. The first-order chi connectivity index (χ1) is 4.29. The van der Waals surface area contributed by atoms with Crippen molar-refractivity contribution >= 4 is 5.97 Å². The normalized spacial score (nSPS) is 18.3. The van der Waals surface area contributed by atoms with Crippen molar-refractivity contribution in [2.45, 2.75) is 19.8 Å². The van der Waals surface area contributed by atoms with E-state index < -0.39 is 0 Å². The summed E-state index contributed by atoms with van der Waals surface area (Å²) in [6.07, 6.45) is 5.91. The van der Waals surface area contributed by atoms with Gasteiger partial charge < -0.3 is 4.74 Å². The third-order valence-electron chi connectivity index (χ3n) is 1.21. The monoisotopic (exact) mass is 126 g/mol. The fourth-order valence-electron chi connectivity index (χ4n) is 0.535. The van der Waals surface area contributed by atoms with E-state index in [0.717, 1.165) is 0 Å². The molecule has 0 N–H and O–H groups in total. The Hall–Kier alpha value is -0.790. The van der Waals surface area contributed by atoms with E-state index in [9.17, 15) is 4.79 Å².